The third kappa shape index (κ3) is 3.30. The predicted octanol–water partition coefficient (Wildman–Crippen LogP) is 4.69. The van der Waals surface area contributed by atoms with E-state index in [9.17, 15) is 0 Å². The molecule has 0 amide bonds. The molecule has 0 saturated carbocycles. The fraction of sp³-hybridized carbons (Fsp3) is 0.200. The molecular formula is C20H18ClN3O. The van der Waals surface area contributed by atoms with Crippen LogP contribution in [-0.2, 0) is 6.54 Å². The van der Waals surface area contributed by atoms with Crippen LogP contribution in [0.15, 0.2) is 60.3 Å². The number of aryl methyl sites for hydroxylation is 1. The maximum atomic E-state index is 6.70. The van der Waals surface area contributed by atoms with Gasteiger partial charge in [0.25, 0.3) is 0 Å². The summed E-state index contributed by atoms with van der Waals surface area (Å²) in [5.41, 5.74) is 5.14. The highest BCUT2D eigenvalue weighted by molar-refractivity contribution is 6.49. The van der Waals surface area contributed by atoms with Crippen LogP contribution in [0.1, 0.15) is 17.5 Å². The standard InChI is InChI=1S/C20H18ClN3O/c1-14-7-8-19-17(11-14)20(21)16(9-10-25-19)12-24-13-18(22-23-24)15-5-3-2-4-6-15/h2-8,11,13H,9-10,12H2,1H3. The van der Waals surface area contributed by atoms with Crippen LogP contribution in [0, 0.1) is 6.92 Å². The van der Waals surface area contributed by atoms with Crippen molar-refractivity contribution >= 4 is 16.6 Å². The van der Waals surface area contributed by atoms with Gasteiger partial charge in [-0.1, -0.05) is 58.8 Å². The molecule has 5 heteroatoms. The van der Waals surface area contributed by atoms with Gasteiger partial charge in [0.15, 0.2) is 0 Å². The molecule has 0 unspecified atom stereocenters. The Morgan fingerprint density at radius 1 is 1.16 bits per heavy atom. The van der Waals surface area contributed by atoms with Gasteiger partial charge in [-0.15, -0.1) is 5.10 Å². The minimum atomic E-state index is 0.607. The molecule has 0 saturated heterocycles. The van der Waals surface area contributed by atoms with E-state index in [1.807, 2.05) is 53.3 Å². The van der Waals surface area contributed by atoms with Gasteiger partial charge in [0.05, 0.1) is 24.4 Å². The summed E-state index contributed by atoms with van der Waals surface area (Å²) < 4.78 is 7.68. The first-order valence-electron chi connectivity index (χ1n) is 8.27. The summed E-state index contributed by atoms with van der Waals surface area (Å²) in [7, 11) is 0. The monoisotopic (exact) mass is 351 g/mol. The fourth-order valence-electron chi connectivity index (χ4n) is 2.99. The van der Waals surface area contributed by atoms with E-state index in [0.717, 1.165) is 45.2 Å². The lowest BCUT2D eigenvalue weighted by atomic mass is 10.1. The van der Waals surface area contributed by atoms with E-state index in [1.54, 1.807) is 0 Å². The Balaban J connectivity index is 1.64. The molecule has 3 aromatic rings. The van der Waals surface area contributed by atoms with Gasteiger partial charge in [-0.25, -0.2) is 4.68 Å². The molecule has 0 aliphatic carbocycles. The van der Waals surface area contributed by atoms with Crippen molar-refractivity contribution in [2.75, 3.05) is 6.61 Å². The Hall–Kier alpha value is -2.59. The van der Waals surface area contributed by atoms with Crippen LogP contribution < -0.4 is 4.74 Å². The molecule has 2 heterocycles. The average Bonchev–Trinajstić information content (AvgIpc) is 3.05. The zero-order chi connectivity index (χ0) is 17.2. The maximum Gasteiger partial charge on any atom is 0.128 e. The number of benzene rings is 2. The number of ether oxygens (including phenoxy) is 1. The van der Waals surface area contributed by atoms with Gasteiger partial charge in [-0.3, -0.25) is 0 Å². The highest BCUT2D eigenvalue weighted by atomic mass is 35.5. The number of hydrogen-bond donors (Lipinski definition) is 0. The van der Waals surface area contributed by atoms with Gasteiger partial charge in [0.2, 0.25) is 0 Å². The predicted molar refractivity (Wildman–Crippen MR) is 99.5 cm³/mol. The quantitative estimate of drug-likeness (QED) is 0.687. The third-order valence-corrected chi connectivity index (χ3v) is 4.78. The van der Waals surface area contributed by atoms with Crippen LogP contribution in [0.25, 0.3) is 16.3 Å². The second-order valence-corrected chi connectivity index (χ2v) is 6.56. The SMILES string of the molecule is Cc1ccc2c(c1)C(Cl)=C(Cn1cc(-c3ccccc3)nn1)CCO2. The number of halogens is 1. The minimum Gasteiger partial charge on any atom is -0.493 e. The van der Waals surface area contributed by atoms with Gasteiger partial charge in [-0.05, 0) is 24.6 Å². The summed E-state index contributed by atoms with van der Waals surface area (Å²) in [5.74, 6) is 0.842. The summed E-state index contributed by atoms with van der Waals surface area (Å²) in [6.07, 6.45) is 2.72. The molecule has 2 aromatic carbocycles. The van der Waals surface area contributed by atoms with E-state index < -0.39 is 0 Å². The maximum absolute atomic E-state index is 6.70. The van der Waals surface area contributed by atoms with E-state index in [1.165, 1.54) is 0 Å². The molecule has 0 fully saturated rings. The van der Waals surface area contributed by atoms with E-state index >= 15 is 0 Å². The molecule has 126 valence electrons. The van der Waals surface area contributed by atoms with Crippen LogP contribution >= 0.6 is 11.6 Å². The molecule has 4 rings (SSSR count). The molecule has 4 nitrogen and oxygen atoms in total. The second-order valence-electron chi connectivity index (χ2n) is 6.18. The van der Waals surface area contributed by atoms with Gasteiger partial charge >= 0.3 is 0 Å². The molecule has 0 atom stereocenters. The van der Waals surface area contributed by atoms with Crippen molar-refractivity contribution in [2.24, 2.45) is 0 Å². The lowest BCUT2D eigenvalue weighted by Crippen LogP contribution is -2.05. The Morgan fingerprint density at radius 3 is 2.84 bits per heavy atom. The van der Waals surface area contributed by atoms with Crippen molar-refractivity contribution in [3.05, 3.63) is 71.4 Å². The minimum absolute atomic E-state index is 0.607. The van der Waals surface area contributed by atoms with Crippen molar-refractivity contribution in [2.45, 2.75) is 19.9 Å². The van der Waals surface area contributed by atoms with Crippen LogP contribution in [0.4, 0.5) is 0 Å². The molecule has 1 aliphatic rings. The number of hydrogen-bond acceptors (Lipinski definition) is 3. The van der Waals surface area contributed by atoms with Crippen LogP contribution in [0.2, 0.25) is 0 Å². The molecule has 0 N–H and O–H groups in total. The molecule has 0 bridgehead atoms. The first kappa shape index (κ1) is 15.9. The largest absolute Gasteiger partial charge is 0.493 e. The summed E-state index contributed by atoms with van der Waals surface area (Å²) >= 11 is 6.70. The molecule has 0 spiro atoms. The third-order valence-electron chi connectivity index (χ3n) is 4.30. The van der Waals surface area contributed by atoms with Gasteiger partial charge < -0.3 is 4.74 Å². The summed E-state index contributed by atoms with van der Waals surface area (Å²) in [6, 6.07) is 16.1. The van der Waals surface area contributed by atoms with Crippen LogP contribution in [0.5, 0.6) is 5.75 Å². The first-order chi connectivity index (χ1) is 12.2. The lowest BCUT2D eigenvalue weighted by Gasteiger charge is -2.08. The molecular weight excluding hydrogens is 334 g/mol. The smallest absolute Gasteiger partial charge is 0.128 e. The Labute approximate surface area is 151 Å². The molecule has 25 heavy (non-hydrogen) atoms. The second kappa shape index (κ2) is 6.73. The first-order valence-corrected chi connectivity index (χ1v) is 8.65. The average molecular weight is 352 g/mol. The van der Waals surface area contributed by atoms with Crippen molar-refractivity contribution in [3.8, 4) is 17.0 Å². The van der Waals surface area contributed by atoms with Gasteiger partial charge in [-0.2, -0.15) is 0 Å². The molecule has 1 aliphatic heterocycles. The van der Waals surface area contributed by atoms with Crippen LogP contribution in [-0.4, -0.2) is 21.6 Å². The highest BCUT2D eigenvalue weighted by Gasteiger charge is 2.18. The van der Waals surface area contributed by atoms with Crippen LogP contribution in [0.3, 0.4) is 0 Å². The van der Waals surface area contributed by atoms with Crippen molar-refractivity contribution in [3.63, 3.8) is 0 Å². The fourth-order valence-corrected chi connectivity index (χ4v) is 3.29. The summed E-state index contributed by atoms with van der Waals surface area (Å²) in [4.78, 5) is 0. The van der Waals surface area contributed by atoms with E-state index in [0.29, 0.717) is 13.2 Å². The van der Waals surface area contributed by atoms with Crippen molar-refractivity contribution in [1.29, 1.82) is 0 Å². The van der Waals surface area contributed by atoms with E-state index in [2.05, 4.69) is 23.3 Å². The van der Waals surface area contributed by atoms with Crippen molar-refractivity contribution in [1.82, 2.24) is 15.0 Å². The zero-order valence-electron chi connectivity index (χ0n) is 13.9. The van der Waals surface area contributed by atoms with E-state index in [-0.39, 0.29) is 0 Å². The lowest BCUT2D eigenvalue weighted by molar-refractivity contribution is 0.321. The topological polar surface area (TPSA) is 39.9 Å². The normalized spacial score (nSPS) is 14.0. The summed E-state index contributed by atoms with van der Waals surface area (Å²) in [5, 5.41) is 9.29. The molecule has 0 radical (unpaired) electrons. The van der Waals surface area contributed by atoms with Gasteiger partial charge in [0.1, 0.15) is 11.4 Å². The Bertz CT molecular complexity index is 931. The Morgan fingerprint density at radius 2 is 2.00 bits per heavy atom. The zero-order valence-corrected chi connectivity index (χ0v) is 14.7. The number of nitrogens with zero attached hydrogens (tertiary/aromatic N) is 3. The van der Waals surface area contributed by atoms with Gasteiger partial charge in [0, 0.05) is 17.5 Å². The highest BCUT2D eigenvalue weighted by Crippen LogP contribution is 2.36. The number of fused-ring (bicyclic) bond motifs is 1. The molecule has 1 aromatic heterocycles. The van der Waals surface area contributed by atoms with E-state index in [4.69, 9.17) is 16.3 Å². The van der Waals surface area contributed by atoms with Crippen molar-refractivity contribution < 1.29 is 4.74 Å². The summed E-state index contributed by atoms with van der Waals surface area (Å²) in [6.45, 7) is 3.27. The number of aromatic nitrogens is 3. The number of rotatable bonds is 3. The Kier molecular flexibility index (Phi) is 4.28.